The lowest BCUT2D eigenvalue weighted by atomic mass is 10.1. The number of nitrogens with one attached hydrogen (secondary N) is 2. The quantitative estimate of drug-likeness (QED) is 0.792. The predicted molar refractivity (Wildman–Crippen MR) is 97.8 cm³/mol. The summed E-state index contributed by atoms with van der Waals surface area (Å²) in [6.07, 6.45) is 0.174. The number of hydrogen-bond donors (Lipinski definition) is 2. The Morgan fingerprint density at radius 2 is 1.64 bits per heavy atom. The zero-order chi connectivity index (χ0) is 19.0. The number of carbonyl (C=O) groups excluding carboxylic acids is 3. The molecule has 1 atom stereocenters. The van der Waals surface area contributed by atoms with Crippen LogP contribution in [0, 0.1) is 0 Å². The molecule has 0 aliphatic carbocycles. The van der Waals surface area contributed by atoms with Crippen LogP contribution in [0.3, 0.4) is 0 Å². The molecule has 0 bridgehead atoms. The van der Waals surface area contributed by atoms with Crippen molar-refractivity contribution in [2.75, 3.05) is 13.6 Å². The van der Waals surface area contributed by atoms with Gasteiger partial charge in [-0.3, -0.25) is 14.4 Å². The standard InChI is InChI=1S/C19H29N3O3/c1-14(15-9-7-6-8-10-15)20-16(23)11-12-18(25)22(5)13-17(24)21-19(2,3)4/h6-10,14H,11-13H2,1-5H3,(H,20,23)(H,21,24)/t14-/m1/s1. The topological polar surface area (TPSA) is 78.5 Å². The van der Waals surface area contributed by atoms with E-state index >= 15 is 0 Å². The van der Waals surface area contributed by atoms with Gasteiger partial charge in [-0.15, -0.1) is 0 Å². The summed E-state index contributed by atoms with van der Waals surface area (Å²) in [5, 5.41) is 5.68. The van der Waals surface area contributed by atoms with Gasteiger partial charge in [0.2, 0.25) is 17.7 Å². The molecule has 0 aliphatic rings. The molecule has 138 valence electrons. The second kappa shape index (κ2) is 9.20. The van der Waals surface area contributed by atoms with Crippen LogP contribution in [0.1, 0.15) is 52.1 Å². The average molecular weight is 347 g/mol. The van der Waals surface area contributed by atoms with Crippen molar-refractivity contribution in [2.24, 2.45) is 0 Å². The number of nitrogens with zero attached hydrogens (tertiary/aromatic N) is 1. The van der Waals surface area contributed by atoms with Gasteiger partial charge in [0.15, 0.2) is 0 Å². The lowest BCUT2D eigenvalue weighted by molar-refractivity contribution is -0.136. The minimum absolute atomic E-state index is 0.0157. The monoisotopic (exact) mass is 347 g/mol. The minimum atomic E-state index is -0.339. The molecule has 0 fully saturated rings. The van der Waals surface area contributed by atoms with E-state index in [1.807, 2.05) is 58.0 Å². The van der Waals surface area contributed by atoms with Crippen LogP contribution in [0.4, 0.5) is 0 Å². The molecule has 25 heavy (non-hydrogen) atoms. The van der Waals surface area contributed by atoms with Crippen molar-refractivity contribution >= 4 is 17.7 Å². The van der Waals surface area contributed by atoms with Crippen LogP contribution in [-0.2, 0) is 14.4 Å². The lowest BCUT2D eigenvalue weighted by Crippen LogP contribution is -2.46. The zero-order valence-corrected chi connectivity index (χ0v) is 15.8. The summed E-state index contributed by atoms with van der Waals surface area (Å²) < 4.78 is 0. The van der Waals surface area contributed by atoms with Crippen molar-refractivity contribution in [3.63, 3.8) is 0 Å². The SMILES string of the molecule is C[C@@H](NC(=O)CCC(=O)N(C)CC(=O)NC(C)(C)C)c1ccccc1. The fraction of sp³-hybridized carbons (Fsp3) is 0.526. The average Bonchev–Trinajstić information content (AvgIpc) is 2.51. The van der Waals surface area contributed by atoms with E-state index in [4.69, 9.17) is 0 Å². The summed E-state index contributed by atoms with van der Waals surface area (Å²) in [7, 11) is 1.56. The molecule has 0 radical (unpaired) electrons. The number of rotatable bonds is 7. The van der Waals surface area contributed by atoms with Crippen LogP contribution in [0.2, 0.25) is 0 Å². The maximum atomic E-state index is 12.1. The van der Waals surface area contributed by atoms with Gasteiger partial charge >= 0.3 is 0 Å². The Kier molecular flexibility index (Phi) is 7.61. The first-order chi connectivity index (χ1) is 11.6. The molecule has 0 heterocycles. The van der Waals surface area contributed by atoms with Gasteiger partial charge in [-0.1, -0.05) is 30.3 Å². The first-order valence-corrected chi connectivity index (χ1v) is 8.48. The van der Waals surface area contributed by atoms with Crippen molar-refractivity contribution < 1.29 is 14.4 Å². The van der Waals surface area contributed by atoms with Crippen molar-refractivity contribution in [1.29, 1.82) is 0 Å². The maximum Gasteiger partial charge on any atom is 0.240 e. The summed E-state index contributed by atoms with van der Waals surface area (Å²) >= 11 is 0. The van der Waals surface area contributed by atoms with Crippen LogP contribution >= 0.6 is 0 Å². The van der Waals surface area contributed by atoms with E-state index < -0.39 is 0 Å². The zero-order valence-electron chi connectivity index (χ0n) is 15.8. The molecule has 3 amide bonds. The van der Waals surface area contributed by atoms with Crippen LogP contribution in [-0.4, -0.2) is 41.8 Å². The predicted octanol–water partition coefficient (Wildman–Crippen LogP) is 2.02. The maximum absolute atomic E-state index is 12.1. The number of carbonyl (C=O) groups is 3. The summed E-state index contributed by atoms with van der Waals surface area (Å²) in [6, 6.07) is 9.52. The molecule has 0 saturated carbocycles. The van der Waals surface area contributed by atoms with Crippen molar-refractivity contribution in [1.82, 2.24) is 15.5 Å². The van der Waals surface area contributed by atoms with E-state index in [0.717, 1.165) is 5.56 Å². The Balaban J connectivity index is 2.37. The largest absolute Gasteiger partial charge is 0.350 e. The van der Waals surface area contributed by atoms with Crippen molar-refractivity contribution in [3.05, 3.63) is 35.9 Å². The van der Waals surface area contributed by atoms with Crippen LogP contribution in [0.25, 0.3) is 0 Å². The summed E-state index contributed by atoms with van der Waals surface area (Å²) in [6.45, 7) is 7.52. The highest BCUT2D eigenvalue weighted by Crippen LogP contribution is 2.11. The molecule has 0 spiro atoms. The van der Waals surface area contributed by atoms with E-state index in [1.54, 1.807) is 7.05 Å². The first kappa shape index (κ1) is 20.7. The molecule has 6 nitrogen and oxygen atoms in total. The molecule has 0 unspecified atom stereocenters. The van der Waals surface area contributed by atoms with Gasteiger partial charge in [0, 0.05) is 25.4 Å². The molecule has 0 aromatic heterocycles. The molecular formula is C19H29N3O3. The Labute approximate surface area is 150 Å². The summed E-state index contributed by atoms with van der Waals surface area (Å²) in [4.78, 5) is 37.2. The Morgan fingerprint density at radius 1 is 1.04 bits per heavy atom. The van der Waals surface area contributed by atoms with E-state index in [1.165, 1.54) is 4.90 Å². The minimum Gasteiger partial charge on any atom is -0.350 e. The van der Waals surface area contributed by atoms with Crippen LogP contribution in [0.15, 0.2) is 30.3 Å². The molecule has 6 heteroatoms. The fourth-order valence-electron chi connectivity index (χ4n) is 2.31. The van der Waals surface area contributed by atoms with Crippen LogP contribution < -0.4 is 10.6 Å². The number of hydrogen-bond acceptors (Lipinski definition) is 3. The summed E-state index contributed by atoms with van der Waals surface area (Å²) in [5.41, 5.74) is 0.673. The number of amides is 3. The van der Waals surface area contributed by atoms with E-state index in [9.17, 15) is 14.4 Å². The Morgan fingerprint density at radius 3 is 2.20 bits per heavy atom. The highest BCUT2D eigenvalue weighted by Gasteiger charge is 2.18. The Bertz CT molecular complexity index is 594. The second-order valence-electron chi connectivity index (χ2n) is 7.25. The Hall–Kier alpha value is -2.37. The third-order valence-electron chi connectivity index (χ3n) is 3.56. The van der Waals surface area contributed by atoms with Gasteiger partial charge in [-0.25, -0.2) is 0 Å². The van der Waals surface area contributed by atoms with Crippen LogP contribution in [0.5, 0.6) is 0 Å². The van der Waals surface area contributed by atoms with E-state index in [0.29, 0.717) is 0 Å². The molecule has 0 aliphatic heterocycles. The summed E-state index contributed by atoms with van der Waals surface area (Å²) in [5.74, 6) is -0.630. The van der Waals surface area contributed by atoms with Crippen molar-refractivity contribution in [2.45, 2.75) is 52.1 Å². The van der Waals surface area contributed by atoms with E-state index in [2.05, 4.69) is 10.6 Å². The van der Waals surface area contributed by atoms with Gasteiger partial charge < -0.3 is 15.5 Å². The highest BCUT2D eigenvalue weighted by atomic mass is 16.2. The third-order valence-corrected chi connectivity index (χ3v) is 3.56. The molecule has 2 N–H and O–H groups in total. The fourth-order valence-corrected chi connectivity index (χ4v) is 2.31. The molecule has 0 saturated heterocycles. The number of likely N-dealkylation sites (N-methyl/N-ethyl adjacent to an activating group) is 1. The highest BCUT2D eigenvalue weighted by molar-refractivity contribution is 5.87. The molecular weight excluding hydrogens is 318 g/mol. The third kappa shape index (κ3) is 8.33. The van der Waals surface area contributed by atoms with Gasteiger partial charge in [0.25, 0.3) is 0 Å². The second-order valence-corrected chi connectivity index (χ2v) is 7.25. The van der Waals surface area contributed by atoms with Crippen molar-refractivity contribution in [3.8, 4) is 0 Å². The molecule has 1 aromatic carbocycles. The number of benzene rings is 1. The normalized spacial score (nSPS) is 12.2. The first-order valence-electron chi connectivity index (χ1n) is 8.48. The van der Waals surface area contributed by atoms with Gasteiger partial charge in [0.1, 0.15) is 0 Å². The smallest absolute Gasteiger partial charge is 0.240 e. The van der Waals surface area contributed by atoms with Gasteiger partial charge in [0.05, 0.1) is 12.6 Å². The van der Waals surface area contributed by atoms with E-state index in [-0.39, 0.29) is 48.7 Å². The molecule has 1 aromatic rings. The van der Waals surface area contributed by atoms with Gasteiger partial charge in [-0.2, -0.15) is 0 Å². The van der Waals surface area contributed by atoms with Gasteiger partial charge in [-0.05, 0) is 33.3 Å². The molecule has 1 rings (SSSR count). The lowest BCUT2D eigenvalue weighted by Gasteiger charge is -2.23.